The number of halogens is 2. The maximum absolute atomic E-state index is 13.8. The van der Waals surface area contributed by atoms with E-state index in [2.05, 4.69) is 10.6 Å². The predicted molar refractivity (Wildman–Crippen MR) is 83.0 cm³/mol. The van der Waals surface area contributed by atoms with Crippen LogP contribution in [-0.4, -0.2) is 11.8 Å². The Morgan fingerprint density at radius 3 is 2.68 bits per heavy atom. The molecule has 0 radical (unpaired) electrons. The number of hydrogen-bond acceptors (Lipinski definition) is 2. The number of anilines is 1. The predicted octanol–water partition coefficient (Wildman–Crippen LogP) is 4.32. The summed E-state index contributed by atoms with van der Waals surface area (Å²) in [6, 6.07) is 10.0. The molecule has 2 N–H and O–H groups in total. The van der Waals surface area contributed by atoms with Crippen molar-refractivity contribution in [1.82, 2.24) is 5.32 Å². The van der Waals surface area contributed by atoms with Gasteiger partial charge in [0, 0.05) is 10.6 Å². The molecule has 0 saturated carbocycles. The number of hydrogen-bond donors (Lipinski definition) is 2. The molecule has 0 spiro atoms. The maximum Gasteiger partial charge on any atom is 0.319 e. The lowest BCUT2D eigenvalue weighted by Crippen LogP contribution is -2.34. The number of carbonyl (C=O) groups excluding carboxylic acids is 1. The van der Waals surface area contributed by atoms with E-state index >= 15 is 0 Å². The van der Waals surface area contributed by atoms with Gasteiger partial charge in [-0.3, -0.25) is 0 Å². The molecule has 2 aromatic rings. The van der Waals surface area contributed by atoms with Crippen LogP contribution >= 0.6 is 11.8 Å². The topological polar surface area (TPSA) is 41.1 Å². The Bertz CT molecular complexity index is 708. The van der Waals surface area contributed by atoms with E-state index < -0.39 is 11.8 Å². The number of rotatable bonds is 2. The summed E-state index contributed by atoms with van der Waals surface area (Å²) < 4.78 is 27.3. The number of benzene rings is 2. The molecular weight excluding hydrogens is 306 g/mol. The van der Waals surface area contributed by atoms with Crippen molar-refractivity contribution in [3.63, 3.8) is 0 Å². The highest BCUT2D eigenvalue weighted by atomic mass is 32.2. The Hall–Kier alpha value is -2.08. The number of amides is 2. The second-order valence-electron chi connectivity index (χ2n) is 4.93. The summed E-state index contributed by atoms with van der Waals surface area (Å²) in [6.45, 7) is 0. The minimum Gasteiger partial charge on any atom is -0.331 e. The monoisotopic (exact) mass is 320 g/mol. The van der Waals surface area contributed by atoms with Gasteiger partial charge in [0.1, 0.15) is 11.6 Å². The number of thioether (sulfide) groups is 1. The lowest BCUT2D eigenvalue weighted by molar-refractivity contribution is 0.248. The van der Waals surface area contributed by atoms with Gasteiger partial charge in [-0.1, -0.05) is 24.3 Å². The summed E-state index contributed by atoms with van der Waals surface area (Å²) in [5.41, 5.74) is 0.879. The molecule has 2 amide bonds. The lowest BCUT2D eigenvalue weighted by atomic mass is 10.0. The SMILES string of the molecule is O=C(Nc1ccccc1F)N[C@@H]1CCSc2c(F)cccc21. The number of para-hydroxylation sites is 1. The quantitative estimate of drug-likeness (QED) is 0.865. The standard InChI is InChI=1S/C16H14F2N2OS/c17-11-5-1-2-7-14(11)20-16(21)19-13-8-9-22-15-10(13)4-3-6-12(15)18/h1-7,13H,8-9H2,(H2,19,20,21)/t13-/m1/s1. The van der Waals surface area contributed by atoms with Gasteiger partial charge in [-0.25, -0.2) is 13.6 Å². The lowest BCUT2D eigenvalue weighted by Gasteiger charge is -2.26. The third-order valence-corrected chi connectivity index (χ3v) is 4.61. The highest BCUT2D eigenvalue weighted by Crippen LogP contribution is 2.37. The van der Waals surface area contributed by atoms with Crippen LogP contribution in [0.25, 0.3) is 0 Å². The Kier molecular flexibility index (Phi) is 4.29. The average Bonchev–Trinajstić information content (AvgIpc) is 2.51. The van der Waals surface area contributed by atoms with Crippen molar-refractivity contribution in [3.8, 4) is 0 Å². The van der Waals surface area contributed by atoms with Crippen LogP contribution in [0.4, 0.5) is 19.3 Å². The number of carbonyl (C=O) groups is 1. The molecule has 3 rings (SSSR count). The fraction of sp³-hybridized carbons (Fsp3) is 0.188. The van der Waals surface area contributed by atoms with E-state index in [4.69, 9.17) is 0 Å². The van der Waals surface area contributed by atoms with Gasteiger partial charge in [0.2, 0.25) is 0 Å². The second kappa shape index (κ2) is 6.36. The van der Waals surface area contributed by atoms with Crippen molar-refractivity contribution < 1.29 is 13.6 Å². The fourth-order valence-corrected chi connectivity index (χ4v) is 3.56. The number of nitrogens with one attached hydrogen (secondary N) is 2. The van der Waals surface area contributed by atoms with E-state index in [1.807, 2.05) is 0 Å². The largest absolute Gasteiger partial charge is 0.331 e. The van der Waals surface area contributed by atoms with Gasteiger partial charge in [0.15, 0.2) is 0 Å². The molecule has 1 heterocycles. The van der Waals surface area contributed by atoms with Crippen LogP contribution in [-0.2, 0) is 0 Å². The molecule has 0 bridgehead atoms. The van der Waals surface area contributed by atoms with Crippen molar-refractivity contribution >= 4 is 23.5 Å². The van der Waals surface area contributed by atoms with Gasteiger partial charge in [-0.05, 0) is 30.2 Å². The molecular formula is C16H14F2N2OS. The van der Waals surface area contributed by atoms with Gasteiger partial charge in [-0.15, -0.1) is 11.8 Å². The van der Waals surface area contributed by atoms with Gasteiger partial charge in [-0.2, -0.15) is 0 Å². The molecule has 2 aromatic carbocycles. The summed E-state index contributed by atoms with van der Waals surface area (Å²) in [7, 11) is 0. The van der Waals surface area contributed by atoms with Crippen LogP contribution in [0.2, 0.25) is 0 Å². The van der Waals surface area contributed by atoms with E-state index in [0.29, 0.717) is 11.3 Å². The van der Waals surface area contributed by atoms with Gasteiger partial charge >= 0.3 is 6.03 Å². The van der Waals surface area contributed by atoms with E-state index in [1.54, 1.807) is 24.3 Å². The van der Waals surface area contributed by atoms with Gasteiger partial charge in [0.05, 0.1) is 11.7 Å². The van der Waals surface area contributed by atoms with Crippen LogP contribution < -0.4 is 10.6 Å². The molecule has 1 aliphatic rings. The Balaban J connectivity index is 1.74. The smallest absolute Gasteiger partial charge is 0.319 e. The van der Waals surface area contributed by atoms with Crippen molar-refractivity contribution in [2.75, 3.05) is 11.1 Å². The molecule has 6 heteroatoms. The first-order chi connectivity index (χ1) is 10.6. The van der Waals surface area contributed by atoms with E-state index in [9.17, 15) is 13.6 Å². The van der Waals surface area contributed by atoms with Crippen LogP contribution in [0.1, 0.15) is 18.0 Å². The first-order valence-electron chi connectivity index (χ1n) is 6.88. The Morgan fingerprint density at radius 1 is 1.09 bits per heavy atom. The molecule has 0 fully saturated rings. The molecule has 1 aliphatic heterocycles. The Morgan fingerprint density at radius 2 is 1.86 bits per heavy atom. The molecule has 0 aliphatic carbocycles. The van der Waals surface area contributed by atoms with Crippen LogP contribution in [0.5, 0.6) is 0 Å². The van der Waals surface area contributed by atoms with Crippen LogP contribution in [0.15, 0.2) is 47.4 Å². The van der Waals surface area contributed by atoms with Crippen molar-refractivity contribution in [2.45, 2.75) is 17.4 Å². The van der Waals surface area contributed by atoms with Gasteiger partial charge in [0.25, 0.3) is 0 Å². The normalized spacial score (nSPS) is 16.7. The van der Waals surface area contributed by atoms with Crippen LogP contribution in [0, 0.1) is 11.6 Å². The number of urea groups is 1. The molecule has 1 atom stereocenters. The molecule has 114 valence electrons. The fourth-order valence-electron chi connectivity index (χ4n) is 2.42. The zero-order valence-electron chi connectivity index (χ0n) is 11.6. The van der Waals surface area contributed by atoms with Crippen molar-refractivity contribution in [3.05, 3.63) is 59.7 Å². The zero-order chi connectivity index (χ0) is 15.5. The zero-order valence-corrected chi connectivity index (χ0v) is 12.4. The minimum atomic E-state index is -0.503. The van der Waals surface area contributed by atoms with Crippen LogP contribution in [0.3, 0.4) is 0 Å². The van der Waals surface area contributed by atoms with Gasteiger partial charge < -0.3 is 10.6 Å². The van der Waals surface area contributed by atoms with E-state index in [0.717, 1.165) is 11.3 Å². The van der Waals surface area contributed by atoms with E-state index in [-0.39, 0.29) is 17.5 Å². The third-order valence-electron chi connectivity index (χ3n) is 3.45. The average molecular weight is 320 g/mol. The summed E-state index contributed by atoms with van der Waals surface area (Å²) in [4.78, 5) is 12.6. The molecule has 3 nitrogen and oxygen atoms in total. The highest BCUT2D eigenvalue weighted by molar-refractivity contribution is 7.99. The maximum atomic E-state index is 13.8. The summed E-state index contributed by atoms with van der Waals surface area (Å²) in [6.07, 6.45) is 0.700. The Labute approximate surface area is 131 Å². The van der Waals surface area contributed by atoms with E-state index in [1.165, 1.54) is 30.0 Å². The first kappa shape index (κ1) is 14.8. The summed E-state index contributed by atoms with van der Waals surface area (Å²) in [5, 5.41) is 5.26. The summed E-state index contributed by atoms with van der Waals surface area (Å²) >= 11 is 1.45. The molecule has 0 unspecified atom stereocenters. The first-order valence-corrected chi connectivity index (χ1v) is 7.87. The number of fused-ring (bicyclic) bond motifs is 1. The van der Waals surface area contributed by atoms with Crippen molar-refractivity contribution in [1.29, 1.82) is 0 Å². The van der Waals surface area contributed by atoms with Crippen molar-refractivity contribution in [2.24, 2.45) is 0 Å². The molecule has 0 saturated heterocycles. The highest BCUT2D eigenvalue weighted by Gasteiger charge is 2.24. The minimum absolute atomic E-state index is 0.115. The second-order valence-corrected chi connectivity index (χ2v) is 6.03. The summed E-state index contributed by atoms with van der Waals surface area (Å²) in [5.74, 6) is -0.0507. The third kappa shape index (κ3) is 3.06. The molecule has 0 aromatic heterocycles. The molecule has 22 heavy (non-hydrogen) atoms.